The van der Waals surface area contributed by atoms with Gasteiger partial charge in [0.25, 0.3) is 0 Å². The molecule has 0 atom stereocenters. The average Bonchev–Trinajstić information content (AvgIpc) is 2.67. The molecule has 0 aliphatic heterocycles. The smallest absolute Gasteiger partial charge is 0.0997 e. The zero-order valence-electron chi connectivity index (χ0n) is 13.8. The molecule has 0 radical (unpaired) electrons. The van der Waals surface area contributed by atoms with Gasteiger partial charge < -0.3 is 15.6 Å². The molecule has 0 heterocycles. The van der Waals surface area contributed by atoms with Crippen molar-refractivity contribution in [3.05, 3.63) is 96.1 Å². The van der Waals surface area contributed by atoms with Crippen molar-refractivity contribution in [2.75, 3.05) is 0 Å². The monoisotopic (exact) mass is 329 g/mol. The first kappa shape index (κ1) is 16.7. The number of carbonyl (C=O) groups is 1. The van der Waals surface area contributed by atoms with Crippen molar-refractivity contribution < 1.29 is 15.6 Å². The maximum atomic E-state index is 10.8. The number of carboxylic acid groups (broad SMARTS) is 1. The van der Waals surface area contributed by atoms with Gasteiger partial charge >= 0.3 is 0 Å². The number of benzene rings is 4. The molecule has 0 saturated carbocycles. The summed E-state index contributed by atoms with van der Waals surface area (Å²) in [6.45, 7) is 0.890. The Bertz CT molecular complexity index is 1010. The number of rotatable bonds is 2. The molecular formula is C22H19NO2. The molecule has 0 spiro atoms. The van der Waals surface area contributed by atoms with Crippen LogP contribution in [-0.2, 0) is 6.54 Å². The maximum absolute atomic E-state index is 10.8. The molecule has 124 valence electrons. The molecule has 3 nitrogen and oxygen atoms in total. The Labute approximate surface area is 146 Å². The third kappa shape index (κ3) is 4.03. The molecule has 0 saturated heterocycles. The minimum absolute atomic E-state index is 0.216. The van der Waals surface area contributed by atoms with E-state index in [1.54, 1.807) is 12.1 Å². The highest BCUT2D eigenvalue weighted by molar-refractivity contribution is 6.01. The van der Waals surface area contributed by atoms with Gasteiger partial charge in [-0.1, -0.05) is 66.7 Å². The Kier molecular flexibility index (Phi) is 5.07. The van der Waals surface area contributed by atoms with Crippen molar-refractivity contribution in [3.63, 3.8) is 0 Å². The van der Waals surface area contributed by atoms with Crippen LogP contribution in [0.4, 0.5) is 0 Å². The summed E-state index contributed by atoms with van der Waals surface area (Å²) in [6, 6.07) is 27.3. The fraction of sp³-hybridized carbons (Fsp3) is 0.0455. The first-order chi connectivity index (χ1) is 12.2. The summed E-state index contributed by atoms with van der Waals surface area (Å²) in [5.74, 6) is -1.14. The fourth-order valence-electron chi connectivity index (χ4n) is 2.71. The van der Waals surface area contributed by atoms with Gasteiger partial charge in [0.1, 0.15) is 0 Å². The van der Waals surface area contributed by atoms with E-state index in [0.717, 1.165) is 28.1 Å². The zero-order chi connectivity index (χ0) is 17.6. The van der Waals surface area contributed by atoms with Crippen LogP contribution in [-0.4, -0.2) is 5.97 Å². The minimum Gasteiger partial charge on any atom is -0.545 e. The summed E-state index contributed by atoms with van der Waals surface area (Å²) in [7, 11) is 0. The Morgan fingerprint density at radius 1 is 0.720 bits per heavy atom. The second-order valence-electron chi connectivity index (χ2n) is 5.78. The summed E-state index contributed by atoms with van der Waals surface area (Å²) >= 11 is 0. The number of fused-ring (bicyclic) bond motifs is 2. The largest absolute Gasteiger partial charge is 0.545 e. The zero-order valence-corrected chi connectivity index (χ0v) is 13.8. The van der Waals surface area contributed by atoms with Crippen molar-refractivity contribution in [1.29, 1.82) is 0 Å². The van der Waals surface area contributed by atoms with Gasteiger partial charge in [-0.15, -0.1) is 0 Å². The van der Waals surface area contributed by atoms with Crippen LogP contribution in [0.1, 0.15) is 15.9 Å². The van der Waals surface area contributed by atoms with Crippen molar-refractivity contribution in [2.24, 2.45) is 0 Å². The summed E-state index contributed by atoms with van der Waals surface area (Å²) in [5, 5.41) is 15.0. The Hall–Kier alpha value is -3.17. The molecule has 0 aliphatic rings. The van der Waals surface area contributed by atoms with E-state index >= 15 is 0 Å². The van der Waals surface area contributed by atoms with Crippen LogP contribution in [0.3, 0.4) is 0 Å². The Balaban J connectivity index is 0.000000192. The van der Waals surface area contributed by atoms with Crippen LogP contribution in [0, 0.1) is 0 Å². The number of aromatic carboxylic acids is 1. The molecular weight excluding hydrogens is 310 g/mol. The molecule has 0 amide bonds. The number of hydrogen-bond acceptors (Lipinski definition) is 2. The van der Waals surface area contributed by atoms with Gasteiger partial charge in [0.15, 0.2) is 0 Å². The van der Waals surface area contributed by atoms with Crippen molar-refractivity contribution in [3.8, 4) is 0 Å². The molecule has 4 rings (SSSR count). The van der Waals surface area contributed by atoms with E-state index in [0.29, 0.717) is 0 Å². The van der Waals surface area contributed by atoms with Crippen LogP contribution in [0.5, 0.6) is 0 Å². The maximum Gasteiger partial charge on any atom is 0.0997 e. The summed E-state index contributed by atoms with van der Waals surface area (Å²) < 4.78 is 0. The van der Waals surface area contributed by atoms with E-state index in [-0.39, 0.29) is 5.56 Å². The second kappa shape index (κ2) is 7.60. The topological polar surface area (TPSA) is 67.8 Å². The highest BCUT2D eigenvalue weighted by Crippen LogP contribution is 2.23. The van der Waals surface area contributed by atoms with E-state index in [1.165, 1.54) is 5.56 Å². The lowest BCUT2D eigenvalue weighted by molar-refractivity contribution is -0.386. The lowest BCUT2D eigenvalue weighted by Crippen LogP contribution is -2.47. The van der Waals surface area contributed by atoms with Gasteiger partial charge in [-0.25, -0.2) is 0 Å². The minimum atomic E-state index is -1.14. The first-order valence-electron chi connectivity index (χ1n) is 8.14. The molecule has 0 unspecified atom stereocenters. The second-order valence-corrected chi connectivity index (χ2v) is 5.78. The fourth-order valence-corrected chi connectivity index (χ4v) is 2.71. The van der Waals surface area contributed by atoms with Gasteiger partial charge in [-0.3, -0.25) is 0 Å². The molecule has 0 fully saturated rings. The van der Waals surface area contributed by atoms with Gasteiger partial charge in [0.05, 0.1) is 12.5 Å². The third-order valence-electron chi connectivity index (χ3n) is 4.07. The molecule has 0 aliphatic carbocycles. The van der Waals surface area contributed by atoms with Gasteiger partial charge in [-0.2, -0.15) is 0 Å². The van der Waals surface area contributed by atoms with Crippen LogP contribution < -0.4 is 10.8 Å². The lowest BCUT2D eigenvalue weighted by Gasteiger charge is -2.06. The van der Waals surface area contributed by atoms with Gasteiger partial charge in [0, 0.05) is 5.56 Å². The van der Waals surface area contributed by atoms with E-state index in [1.807, 2.05) is 54.6 Å². The SMILES string of the molecule is O=C([O-])c1ccc2cc3ccccc3cc2c1.[NH3+]Cc1ccccc1. The van der Waals surface area contributed by atoms with Crippen LogP contribution in [0.15, 0.2) is 84.9 Å². The summed E-state index contributed by atoms with van der Waals surface area (Å²) in [6.07, 6.45) is 0. The standard InChI is InChI=1S/C15H10O2.C7H9N/c16-15(17)13-6-5-12-7-10-3-1-2-4-11(10)8-14(12)9-13;8-6-7-4-2-1-3-5-7/h1-9H,(H,16,17);1-5H,6,8H2. The van der Waals surface area contributed by atoms with E-state index in [4.69, 9.17) is 0 Å². The predicted molar refractivity (Wildman–Crippen MR) is 98.8 cm³/mol. The molecule has 0 bridgehead atoms. The van der Waals surface area contributed by atoms with Crippen molar-refractivity contribution >= 4 is 27.5 Å². The van der Waals surface area contributed by atoms with Crippen LogP contribution >= 0.6 is 0 Å². The normalized spacial score (nSPS) is 10.3. The Morgan fingerprint density at radius 3 is 1.84 bits per heavy atom. The van der Waals surface area contributed by atoms with E-state index < -0.39 is 5.97 Å². The predicted octanol–water partition coefficient (Wildman–Crippen LogP) is 2.79. The van der Waals surface area contributed by atoms with Crippen LogP contribution in [0.2, 0.25) is 0 Å². The molecule has 3 heteroatoms. The van der Waals surface area contributed by atoms with E-state index in [2.05, 4.69) is 23.9 Å². The summed E-state index contributed by atoms with van der Waals surface area (Å²) in [4.78, 5) is 10.8. The molecule has 4 aromatic carbocycles. The number of hydrogen-bond donors (Lipinski definition) is 1. The third-order valence-corrected chi connectivity index (χ3v) is 4.07. The lowest BCUT2D eigenvalue weighted by atomic mass is 10.0. The summed E-state index contributed by atoms with van der Waals surface area (Å²) in [5.41, 5.74) is 5.27. The van der Waals surface area contributed by atoms with Gasteiger partial charge in [0.2, 0.25) is 0 Å². The number of carbonyl (C=O) groups excluding carboxylic acids is 1. The van der Waals surface area contributed by atoms with E-state index in [9.17, 15) is 9.90 Å². The molecule has 3 N–H and O–H groups in total. The number of quaternary nitrogens is 1. The van der Waals surface area contributed by atoms with Crippen molar-refractivity contribution in [2.45, 2.75) is 6.54 Å². The molecule has 0 aromatic heterocycles. The van der Waals surface area contributed by atoms with Crippen molar-refractivity contribution in [1.82, 2.24) is 0 Å². The van der Waals surface area contributed by atoms with Gasteiger partial charge in [-0.05, 0) is 45.3 Å². The Morgan fingerprint density at radius 2 is 1.28 bits per heavy atom. The van der Waals surface area contributed by atoms with Crippen LogP contribution in [0.25, 0.3) is 21.5 Å². The number of carboxylic acids is 1. The molecule has 25 heavy (non-hydrogen) atoms. The quantitative estimate of drug-likeness (QED) is 0.575. The highest BCUT2D eigenvalue weighted by atomic mass is 16.4. The average molecular weight is 329 g/mol. The molecule has 4 aromatic rings. The first-order valence-corrected chi connectivity index (χ1v) is 8.14. The highest BCUT2D eigenvalue weighted by Gasteiger charge is 2.00.